The molecule has 1 amide bonds. The van der Waals surface area contributed by atoms with Crippen molar-refractivity contribution in [1.82, 2.24) is 4.90 Å². The number of piperidine rings is 1. The monoisotopic (exact) mass is 504 g/mol. The molecule has 0 radical (unpaired) electrons. The summed E-state index contributed by atoms with van der Waals surface area (Å²) in [5.74, 6) is 1.18. The Morgan fingerprint density at radius 2 is 1.82 bits per heavy atom. The molecule has 0 aliphatic carbocycles. The van der Waals surface area contributed by atoms with Crippen molar-refractivity contribution in [2.45, 2.75) is 46.1 Å². The number of hydrogen-bond donors (Lipinski definition) is 2. The summed E-state index contributed by atoms with van der Waals surface area (Å²) in [5, 5.41) is 3.09. The first-order valence-electron chi connectivity index (χ1n) is 9.29. The van der Waals surface area contributed by atoms with Gasteiger partial charge in [0.25, 0.3) is 0 Å². The van der Waals surface area contributed by atoms with E-state index in [4.69, 9.17) is 15.2 Å². The highest BCUT2D eigenvalue weighted by Crippen LogP contribution is 2.31. The van der Waals surface area contributed by atoms with Crippen molar-refractivity contribution >= 4 is 41.7 Å². The lowest BCUT2D eigenvalue weighted by molar-refractivity contribution is 0.0127. The first-order valence-corrected chi connectivity index (χ1v) is 9.29. The summed E-state index contributed by atoms with van der Waals surface area (Å²) in [5.41, 5.74) is 6.43. The van der Waals surface area contributed by atoms with Crippen molar-refractivity contribution in [2.24, 2.45) is 16.1 Å². The maximum atomic E-state index is 12.2. The molecule has 0 aromatic heterocycles. The van der Waals surface area contributed by atoms with Gasteiger partial charge in [0.15, 0.2) is 5.96 Å². The lowest BCUT2D eigenvalue weighted by atomic mass is 9.80. The molecule has 1 aliphatic heterocycles. The average Bonchev–Trinajstić information content (AvgIpc) is 2.60. The van der Waals surface area contributed by atoms with Crippen LogP contribution in [0.1, 0.15) is 40.5 Å². The number of carbonyl (C=O) groups excluding carboxylic acids is 1. The lowest BCUT2D eigenvalue weighted by Gasteiger charge is -2.38. The zero-order valence-electron chi connectivity index (χ0n) is 17.4. The third kappa shape index (κ3) is 7.73. The van der Waals surface area contributed by atoms with Crippen molar-refractivity contribution in [3.8, 4) is 5.75 Å². The Bertz CT molecular complexity index is 663. The van der Waals surface area contributed by atoms with Crippen LogP contribution in [0.15, 0.2) is 29.3 Å². The topological polar surface area (TPSA) is 89.2 Å². The van der Waals surface area contributed by atoms with Crippen LogP contribution in [0.25, 0.3) is 0 Å². The maximum absolute atomic E-state index is 12.2. The number of carbonyl (C=O) groups is 1. The Hall–Kier alpha value is -1.71. The van der Waals surface area contributed by atoms with Gasteiger partial charge in [-0.05, 0) is 63.3 Å². The summed E-state index contributed by atoms with van der Waals surface area (Å²) in [6, 6.07) is 7.51. The third-order valence-electron chi connectivity index (χ3n) is 4.62. The number of nitrogens with zero attached hydrogens (tertiary/aromatic N) is 2. The van der Waals surface area contributed by atoms with E-state index in [9.17, 15) is 4.79 Å². The first-order chi connectivity index (χ1) is 12.6. The van der Waals surface area contributed by atoms with Crippen LogP contribution in [-0.2, 0) is 4.74 Å². The van der Waals surface area contributed by atoms with Gasteiger partial charge < -0.3 is 25.4 Å². The molecule has 1 aliphatic rings. The molecule has 0 saturated carbocycles. The van der Waals surface area contributed by atoms with Crippen LogP contribution in [0.3, 0.4) is 0 Å². The third-order valence-corrected chi connectivity index (χ3v) is 4.62. The van der Waals surface area contributed by atoms with Gasteiger partial charge in [-0.15, -0.1) is 24.0 Å². The summed E-state index contributed by atoms with van der Waals surface area (Å²) in [6.07, 6.45) is 1.49. The minimum Gasteiger partial charge on any atom is -0.497 e. The molecule has 2 rings (SSSR count). The highest BCUT2D eigenvalue weighted by molar-refractivity contribution is 14.0. The van der Waals surface area contributed by atoms with Crippen LogP contribution < -0.4 is 15.8 Å². The number of nitrogens with one attached hydrogen (secondary N) is 1. The molecular weight excluding hydrogens is 471 g/mol. The van der Waals surface area contributed by atoms with Gasteiger partial charge in [-0.2, -0.15) is 0 Å². The Morgan fingerprint density at radius 1 is 1.25 bits per heavy atom. The van der Waals surface area contributed by atoms with Crippen LogP contribution in [0.4, 0.5) is 10.5 Å². The minimum absolute atomic E-state index is 0. The Morgan fingerprint density at radius 3 is 2.32 bits per heavy atom. The van der Waals surface area contributed by atoms with Crippen molar-refractivity contribution < 1.29 is 14.3 Å². The summed E-state index contributed by atoms with van der Waals surface area (Å²) in [6.45, 7) is 9.79. The second-order valence-electron chi connectivity index (χ2n) is 8.33. The van der Waals surface area contributed by atoms with Crippen molar-refractivity contribution in [3.63, 3.8) is 0 Å². The van der Waals surface area contributed by atoms with Crippen molar-refractivity contribution in [1.29, 1.82) is 0 Å². The van der Waals surface area contributed by atoms with E-state index in [0.717, 1.165) is 24.3 Å². The van der Waals surface area contributed by atoms with Gasteiger partial charge in [-0.25, -0.2) is 4.79 Å². The van der Waals surface area contributed by atoms with E-state index in [-0.39, 0.29) is 35.5 Å². The molecule has 158 valence electrons. The van der Waals surface area contributed by atoms with E-state index >= 15 is 0 Å². The van der Waals surface area contributed by atoms with Gasteiger partial charge in [0.1, 0.15) is 11.4 Å². The number of aliphatic imine (C=N–C) groups is 1. The van der Waals surface area contributed by atoms with Crippen LogP contribution in [0, 0.1) is 5.41 Å². The molecule has 1 aromatic carbocycles. The fourth-order valence-corrected chi connectivity index (χ4v) is 2.85. The lowest BCUT2D eigenvalue weighted by Crippen LogP contribution is -2.45. The second-order valence-corrected chi connectivity index (χ2v) is 8.33. The van der Waals surface area contributed by atoms with Crippen LogP contribution in [0.5, 0.6) is 5.75 Å². The molecule has 7 nitrogen and oxygen atoms in total. The predicted molar refractivity (Wildman–Crippen MR) is 124 cm³/mol. The zero-order valence-corrected chi connectivity index (χ0v) is 19.8. The molecule has 1 fully saturated rings. The fourth-order valence-electron chi connectivity index (χ4n) is 2.85. The first kappa shape index (κ1) is 24.3. The zero-order chi connectivity index (χ0) is 20.1. The van der Waals surface area contributed by atoms with Gasteiger partial charge >= 0.3 is 6.09 Å². The molecule has 8 heteroatoms. The van der Waals surface area contributed by atoms with Crippen LogP contribution in [0.2, 0.25) is 0 Å². The van der Waals surface area contributed by atoms with E-state index in [2.05, 4.69) is 17.2 Å². The SMILES string of the molecule is COc1ccc(NC(N)=NCC2(C)CCN(C(=O)OC(C)(C)C)CC2)cc1.I. The number of ether oxygens (including phenoxy) is 2. The number of halogens is 1. The second kappa shape index (κ2) is 10.2. The predicted octanol–water partition coefficient (Wildman–Crippen LogP) is 4.08. The van der Waals surface area contributed by atoms with E-state index in [1.54, 1.807) is 12.0 Å². The van der Waals surface area contributed by atoms with Crippen molar-refractivity contribution in [2.75, 3.05) is 32.1 Å². The number of benzene rings is 1. The largest absolute Gasteiger partial charge is 0.497 e. The van der Waals surface area contributed by atoms with Crippen LogP contribution >= 0.6 is 24.0 Å². The molecule has 0 spiro atoms. The van der Waals surface area contributed by atoms with Crippen LogP contribution in [-0.4, -0.2) is 49.3 Å². The minimum atomic E-state index is -0.469. The van der Waals surface area contributed by atoms with Gasteiger partial charge in [-0.1, -0.05) is 6.92 Å². The number of nitrogens with two attached hydrogens (primary N) is 1. The van der Waals surface area contributed by atoms with Gasteiger partial charge in [-0.3, -0.25) is 4.99 Å². The molecule has 1 aromatic rings. The summed E-state index contributed by atoms with van der Waals surface area (Å²) in [4.78, 5) is 18.5. The molecular formula is C20H33IN4O3. The quantitative estimate of drug-likeness (QED) is 0.367. The van der Waals surface area contributed by atoms with Gasteiger partial charge in [0.2, 0.25) is 0 Å². The summed E-state index contributed by atoms with van der Waals surface area (Å²) in [7, 11) is 1.63. The normalized spacial score (nSPS) is 16.8. The van der Waals surface area contributed by atoms with Crippen molar-refractivity contribution in [3.05, 3.63) is 24.3 Å². The Balaban J connectivity index is 0.00000392. The Kier molecular flexibility index (Phi) is 8.84. The average molecular weight is 504 g/mol. The molecule has 1 saturated heterocycles. The number of methoxy groups -OCH3 is 1. The van der Waals surface area contributed by atoms with E-state index in [1.807, 2.05) is 45.0 Å². The molecule has 0 unspecified atom stereocenters. The molecule has 1 heterocycles. The standard InChI is InChI=1S/C20H32N4O3.HI/c1-19(2,3)27-18(25)24-12-10-20(4,11-13-24)14-22-17(21)23-15-6-8-16(26-5)9-7-15;/h6-9H,10-14H2,1-5H3,(H3,21,22,23);1H. The number of hydrogen-bond acceptors (Lipinski definition) is 4. The van der Waals surface area contributed by atoms with Gasteiger partial charge in [0, 0.05) is 25.3 Å². The van der Waals surface area contributed by atoms with E-state index in [1.165, 1.54) is 0 Å². The summed E-state index contributed by atoms with van der Waals surface area (Å²) >= 11 is 0. The molecule has 3 N–H and O–H groups in total. The number of guanidine groups is 1. The number of amides is 1. The molecule has 0 bridgehead atoms. The number of likely N-dealkylation sites (tertiary alicyclic amines) is 1. The smallest absolute Gasteiger partial charge is 0.410 e. The summed E-state index contributed by atoms with van der Waals surface area (Å²) < 4.78 is 10.6. The highest BCUT2D eigenvalue weighted by Gasteiger charge is 2.33. The fraction of sp³-hybridized carbons (Fsp3) is 0.600. The number of rotatable bonds is 4. The van der Waals surface area contributed by atoms with E-state index < -0.39 is 5.60 Å². The Labute approximate surface area is 185 Å². The molecule has 28 heavy (non-hydrogen) atoms. The number of anilines is 1. The van der Waals surface area contributed by atoms with Gasteiger partial charge in [0.05, 0.1) is 7.11 Å². The maximum Gasteiger partial charge on any atom is 0.410 e. The highest BCUT2D eigenvalue weighted by atomic mass is 127. The molecule has 0 atom stereocenters. The van der Waals surface area contributed by atoms with E-state index in [0.29, 0.717) is 25.6 Å².